The third-order valence-electron chi connectivity index (χ3n) is 2.03. The maximum absolute atomic E-state index is 11.6. The predicted octanol–water partition coefficient (Wildman–Crippen LogP) is 2.28. The number of carbonyl (C=O) groups excluding carboxylic acids is 1. The third-order valence-corrected chi connectivity index (χ3v) is 3.00. The molecule has 4 nitrogen and oxygen atoms in total. The quantitative estimate of drug-likeness (QED) is 0.889. The molecule has 2 rings (SSSR count). The van der Waals surface area contributed by atoms with Gasteiger partial charge in [-0.3, -0.25) is 4.79 Å². The number of furan rings is 1. The molecule has 1 amide bonds. The van der Waals surface area contributed by atoms with E-state index in [9.17, 15) is 4.79 Å². The van der Waals surface area contributed by atoms with Crippen molar-refractivity contribution < 1.29 is 9.21 Å². The fraction of sp³-hybridized carbons (Fsp3) is 0.273. The molecule has 0 unspecified atom stereocenters. The molecule has 84 valence electrons. The Morgan fingerprint density at radius 1 is 1.50 bits per heavy atom. The zero-order valence-corrected chi connectivity index (χ0v) is 9.93. The summed E-state index contributed by atoms with van der Waals surface area (Å²) in [6, 6.07) is 3.43. The zero-order chi connectivity index (χ0) is 11.5. The number of hydrogen-bond acceptors (Lipinski definition) is 4. The Bertz CT molecular complexity index is 502. The molecule has 0 spiro atoms. The van der Waals surface area contributed by atoms with Crippen LogP contribution >= 0.6 is 11.3 Å². The molecular formula is C11H12N2O2S. The minimum Gasteiger partial charge on any atom is -0.456 e. The molecule has 0 radical (unpaired) electrons. The number of nitrogens with one attached hydrogen (secondary N) is 1. The largest absolute Gasteiger partial charge is 0.456 e. The molecule has 5 heteroatoms. The molecule has 0 aromatic carbocycles. The first-order valence-corrected chi connectivity index (χ1v) is 5.79. The molecule has 0 aliphatic heterocycles. The summed E-state index contributed by atoms with van der Waals surface area (Å²) < 4.78 is 5.21. The van der Waals surface area contributed by atoms with Gasteiger partial charge in [-0.25, -0.2) is 4.98 Å². The Labute approximate surface area is 97.3 Å². The van der Waals surface area contributed by atoms with E-state index in [0.717, 1.165) is 16.5 Å². The van der Waals surface area contributed by atoms with Crippen LogP contribution in [0.1, 0.15) is 27.0 Å². The Morgan fingerprint density at radius 2 is 2.31 bits per heavy atom. The van der Waals surface area contributed by atoms with Crippen LogP contribution in [0.3, 0.4) is 0 Å². The molecule has 0 bridgehead atoms. The van der Waals surface area contributed by atoms with Crippen molar-refractivity contribution in [2.45, 2.75) is 20.4 Å². The van der Waals surface area contributed by atoms with Gasteiger partial charge >= 0.3 is 0 Å². The highest BCUT2D eigenvalue weighted by atomic mass is 32.1. The fourth-order valence-electron chi connectivity index (χ4n) is 1.28. The van der Waals surface area contributed by atoms with Crippen LogP contribution in [-0.4, -0.2) is 10.9 Å². The summed E-state index contributed by atoms with van der Waals surface area (Å²) in [7, 11) is 0. The van der Waals surface area contributed by atoms with Crippen molar-refractivity contribution in [1.82, 2.24) is 10.3 Å². The molecule has 2 aromatic heterocycles. The van der Waals surface area contributed by atoms with Crippen molar-refractivity contribution in [2.75, 3.05) is 0 Å². The highest BCUT2D eigenvalue weighted by molar-refractivity contribution is 7.09. The first-order chi connectivity index (χ1) is 7.65. The van der Waals surface area contributed by atoms with Gasteiger partial charge in [-0.15, -0.1) is 11.3 Å². The molecular weight excluding hydrogens is 224 g/mol. The van der Waals surface area contributed by atoms with Crippen molar-refractivity contribution in [3.63, 3.8) is 0 Å². The SMILES string of the molecule is Cc1csc(CNC(=O)c2ccc(C)o2)n1. The van der Waals surface area contributed by atoms with Crippen molar-refractivity contribution in [3.05, 3.63) is 39.7 Å². The van der Waals surface area contributed by atoms with Crippen LogP contribution in [0.25, 0.3) is 0 Å². The van der Waals surface area contributed by atoms with Crippen LogP contribution in [-0.2, 0) is 6.54 Å². The molecule has 0 aliphatic carbocycles. The van der Waals surface area contributed by atoms with E-state index < -0.39 is 0 Å². The normalized spacial score (nSPS) is 10.4. The van der Waals surface area contributed by atoms with Crippen molar-refractivity contribution in [2.24, 2.45) is 0 Å². The monoisotopic (exact) mass is 236 g/mol. The van der Waals surface area contributed by atoms with Gasteiger partial charge in [0.15, 0.2) is 5.76 Å². The van der Waals surface area contributed by atoms with E-state index in [4.69, 9.17) is 4.42 Å². The van der Waals surface area contributed by atoms with Crippen LogP contribution in [0, 0.1) is 13.8 Å². The maximum atomic E-state index is 11.6. The van der Waals surface area contributed by atoms with Gasteiger partial charge in [0.05, 0.1) is 6.54 Å². The van der Waals surface area contributed by atoms with Crippen LogP contribution in [0.2, 0.25) is 0 Å². The summed E-state index contributed by atoms with van der Waals surface area (Å²) in [5.74, 6) is 0.863. The smallest absolute Gasteiger partial charge is 0.287 e. The Hall–Kier alpha value is -1.62. The second-order valence-corrected chi connectivity index (χ2v) is 4.42. The number of aryl methyl sites for hydroxylation is 2. The topological polar surface area (TPSA) is 55.1 Å². The lowest BCUT2D eigenvalue weighted by Crippen LogP contribution is -2.22. The Balaban J connectivity index is 1.93. The number of rotatable bonds is 3. The molecule has 0 aliphatic rings. The predicted molar refractivity (Wildman–Crippen MR) is 61.5 cm³/mol. The summed E-state index contributed by atoms with van der Waals surface area (Å²) in [6.07, 6.45) is 0. The zero-order valence-electron chi connectivity index (χ0n) is 9.11. The van der Waals surface area contributed by atoms with Crippen LogP contribution < -0.4 is 5.32 Å². The molecule has 16 heavy (non-hydrogen) atoms. The highest BCUT2D eigenvalue weighted by Crippen LogP contribution is 2.09. The van der Waals surface area contributed by atoms with E-state index in [0.29, 0.717) is 12.3 Å². The third kappa shape index (κ3) is 2.49. The number of carbonyl (C=O) groups is 1. The van der Waals surface area contributed by atoms with Gasteiger partial charge < -0.3 is 9.73 Å². The first kappa shape index (κ1) is 10.9. The molecule has 2 aromatic rings. The highest BCUT2D eigenvalue weighted by Gasteiger charge is 2.09. The average molecular weight is 236 g/mol. The molecule has 0 saturated heterocycles. The number of aromatic nitrogens is 1. The van der Waals surface area contributed by atoms with Crippen LogP contribution in [0.15, 0.2) is 21.9 Å². The minimum atomic E-state index is -0.207. The van der Waals surface area contributed by atoms with Gasteiger partial charge in [0.25, 0.3) is 5.91 Å². The van der Waals surface area contributed by atoms with E-state index in [-0.39, 0.29) is 5.91 Å². The molecule has 1 N–H and O–H groups in total. The molecule has 0 fully saturated rings. The van der Waals surface area contributed by atoms with Gasteiger partial charge in [-0.1, -0.05) is 0 Å². The lowest BCUT2D eigenvalue weighted by atomic mass is 10.4. The van der Waals surface area contributed by atoms with Gasteiger partial charge in [0, 0.05) is 11.1 Å². The number of thiazole rings is 1. The molecule has 0 atom stereocenters. The minimum absolute atomic E-state index is 0.207. The van der Waals surface area contributed by atoms with Gasteiger partial charge in [-0.05, 0) is 26.0 Å². The number of nitrogens with zero attached hydrogens (tertiary/aromatic N) is 1. The average Bonchev–Trinajstić information content (AvgIpc) is 2.84. The summed E-state index contributed by atoms with van der Waals surface area (Å²) in [5.41, 5.74) is 0.975. The first-order valence-electron chi connectivity index (χ1n) is 4.91. The summed E-state index contributed by atoms with van der Waals surface area (Å²) >= 11 is 1.54. The summed E-state index contributed by atoms with van der Waals surface area (Å²) in [6.45, 7) is 4.18. The lowest BCUT2D eigenvalue weighted by molar-refractivity contribution is 0.0922. The Morgan fingerprint density at radius 3 is 2.88 bits per heavy atom. The van der Waals surface area contributed by atoms with Gasteiger partial charge in [0.1, 0.15) is 10.8 Å². The van der Waals surface area contributed by atoms with E-state index in [1.807, 2.05) is 12.3 Å². The maximum Gasteiger partial charge on any atom is 0.287 e. The summed E-state index contributed by atoms with van der Waals surface area (Å²) in [4.78, 5) is 15.9. The Kier molecular flexibility index (Phi) is 3.05. The van der Waals surface area contributed by atoms with E-state index in [1.165, 1.54) is 11.3 Å². The van der Waals surface area contributed by atoms with Gasteiger partial charge in [-0.2, -0.15) is 0 Å². The van der Waals surface area contributed by atoms with E-state index in [2.05, 4.69) is 10.3 Å². The second kappa shape index (κ2) is 4.49. The number of amides is 1. The number of hydrogen-bond donors (Lipinski definition) is 1. The lowest BCUT2D eigenvalue weighted by Gasteiger charge is -1.99. The van der Waals surface area contributed by atoms with Crippen LogP contribution in [0.4, 0.5) is 0 Å². The van der Waals surface area contributed by atoms with Gasteiger partial charge in [0.2, 0.25) is 0 Å². The van der Waals surface area contributed by atoms with Crippen molar-refractivity contribution in [1.29, 1.82) is 0 Å². The van der Waals surface area contributed by atoms with Crippen LogP contribution in [0.5, 0.6) is 0 Å². The van der Waals surface area contributed by atoms with Crippen molar-refractivity contribution in [3.8, 4) is 0 Å². The molecule has 0 saturated carbocycles. The second-order valence-electron chi connectivity index (χ2n) is 3.48. The summed E-state index contributed by atoms with van der Waals surface area (Å²) in [5, 5.41) is 5.61. The van der Waals surface area contributed by atoms with Crippen molar-refractivity contribution >= 4 is 17.2 Å². The standard InChI is InChI=1S/C11H12N2O2S/c1-7-6-16-10(13-7)5-12-11(14)9-4-3-8(2)15-9/h3-4,6H,5H2,1-2H3,(H,12,14). The molecule has 2 heterocycles. The fourth-order valence-corrected chi connectivity index (χ4v) is 1.99. The van der Waals surface area contributed by atoms with E-state index >= 15 is 0 Å². The van der Waals surface area contributed by atoms with E-state index in [1.54, 1.807) is 19.1 Å².